The van der Waals surface area contributed by atoms with Crippen LogP contribution >= 0.6 is 15.9 Å². The van der Waals surface area contributed by atoms with Crippen LogP contribution in [0.4, 0.5) is 0 Å². The Kier molecular flexibility index (Phi) is 8.01. The minimum atomic E-state index is -1.24. The number of benzene rings is 1. The summed E-state index contributed by atoms with van der Waals surface area (Å²) in [5.41, 5.74) is 11.3. The lowest BCUT2D eigenvalue weighted by Gasteiger charge is -2.20. The lowest BCUT2D eigenvalue weighted by Crippen LogP contribution is -2.23. The van der Waals surface area contributed by atoms with E-state index in [1.54, 1.807) is 6.07 Å². The van der Waals surface area contributed by atoms with Crippen molar-refractivity contribution in [2.75, 3.05) is 13.2 Å². The van der Waals surface area contributed by atoms with Crippen molar-refractivity contribution in [3.63, 3.8) is 0 Å². The lowest BCUT2D eigenvalue weighted by atomic mass is 9.87. The number of ether oxygens (including phenoxy) is 2. The molecule has 218 valence electrons. The molecule has 8 nitrogen and oxygen atoms in total. The predicted molar refractivity (Wildman–Crippen MR) is 169 cm³/mol. The topological polar surface area (TPSA) is 97.2 Å². The van der Waals surface area contributed by atoms with Gasteiger partial charge in [0.1, 0.15) is 24.7 Å². The highest BCUT2D eigenvalue weighted by molar-refractivity contribution is 9.10. The molecule has 0 unspecified atom stereocenters. The van der Waals surface area contributed by atoms with Crippen molar-refractivity contribution >= 4 is 49.0 Å². The number of carbonyl (C=O) groups excluding carboxylic acids is 1. The Morgan fingerprint density at radius 1 is 1.10 bits per heavy atom. The van der Waals surface area contributed by atoms with Crippen LogP contribution in [0, 0.1) is 11.3 Å². The van der Waals surface area contributed by atoms with Gasteiger partial charge in [-0.05, 0) is 54.8 Å². The first-order valence-corrected chi connectivity index (χ1v) is 22.6. The zero-order valence-corrected chi connectivity index (χ0v) is 28.7. The van der Waals surface area contributed by atoms with Crippen molar-refractivity contribution < 1.29 is 14.3 Å². The lowest BCUT2D eigenvalue weighted by molar-refractivity contribution is 0.0756. The van der Waals surface area contributed by atoms with Gasteiger partial charge < -0.3 is 15.2 Å². The molecule has 0 spiro atoms. The first kappa shape index (κ1) is 29.7. The summed E-state index contributed by atoms with van der Waals surface area (Å²) in [4.78, 5) is 17.5. The van der Waals surface area contributed by atoms with E-state index >= 15 is 0 Å². The fraction of sp³-hybridized carbons (Fsp3) is 0.621. The van der Waals surface area contributed by atoms with Crippen LogP contribution in [0.3, 0.4) is 0 Å². The highest BCUT2D eigenvalue weighted by Crippen LogP contribution is 2.60. The van der Waals surface area contributed by atoms with E-state index in [4.69, 9.17) is 25.3 Å². The van der Waals surface area contributed by atoms with Gasteiger partial charge in [0, 0.05) is 45.1 Å². The Labute approximate surface area is 248 Å². The molecule has 0 saturated heterocycles. The molecule has 5 rings (SSSR count). The van der Waals surface area contributed by atoms with E-state index in [1.807, 2.05) is 6.07 Å². The van der Waals surface area contributed by atoms with Crippen molar-refractivity contribution in [3.05, 3.63) is 33.4 Å². The fourth-order valence-corrected chi connectivity index (χ4v) is 7.61. The average Bonchev–Trinajstić information content (AvgIpc) is 3.20. The Hall–Kier alpha value is -1.80. The molecule has 0 aliphatic heterocycles. The highest BCUT2D eigenvalue weighted by Gasteiger charge is 2.54. The molecular weight excluding hydrogens is 602 g/mol. The summed E-state index contributed by atoms with van der Waals surface area (Å²) in [7, 11) is -2.43. The van der Waals surface area contributed by atoms with Crippen LogP contribution in [0.2, 0.25) is 51.4 Å². The number of imidazole rings is 1. The van der Waals surface area contributed by atoms with Crippen molar-refractivity contribution in [1.29, 1.82) is 0 Å². The Morgan fingerprint density at radius 2 is 1.75 bits per heavy atom. The van der Waals surface area contributed by atoms with E-state index in [-0.39, 0.29) is 0 Å². The molecule has 3 aromatic rings. The minimum Gasteiger partial charge on any atom is -0.366 e. The summed E-state index contributed by atoms with van der Waals surface area (Å²) in [6, 6.07) is 5.93. The van der Waals surface area contributed by atoms with E-state index in [2.05, 4.69) is 71.4 Å². The predicted octanol–water partition coefficient (Wildman–Crippen LogP) is 6.51. The summed E-state index contributed by atoms with van der Waals surface area (Å²) in [5.74, 6) is 0.898. The van der Waals surface area contributed by atoms with E-state index in [1.165, 1.54) is 17.7 Å². The van der Waals surface area contributed by atoms with Crippen LogP contribution in [-0.2, 0) is 35.8 Å². The third kappa shape index (κ3) is 6.33. The number of carbonyl (C=O) groups is 1. The van der Waals surface area contributed by atoms with Crippen molar-refractivity contribution in [2.45, 2.75) is 91.0 Å². The number of nitrogens with zero attached hydrogens (tertiary/aromatic N) is 4. The molecule has 2 aromatic heterocycles. The van der Waals surface area contributed by atoms with Crippen LogP contribution in [-0.4, -0.2) is 54.6 Å². The van der Waals surface area contributed by atoms with Crippen LogP contribution in [0.5, 0.6) is 0 Å². The highest BCUT2D eigenvalue weighted by atomic mass is 79.9. The molecule has 2 atom stereocenters. The minimum absolute atomic E-state index is 0.334. The maximum atomic E-state index is 12.4. The van der Waals surface area contributed by atoms with Crippen LogP contribution < -0.4 is 5.73 Å². The van der Waals surface area contributed by atoms with Crippen molar-refractivity contribution in [2.24, 2.45) is 17.1 Å². The summed E-state index contributed by atoms with van der Waals surface area (Å²) < 4.78 is 17.3. The number of fused-ring (bicyclic) bond motifs is 3. The molecule has 2 N–H and O–H groups in total. The van der Waals surface area contributed by atoms with Crippen LogP contribution in [0.15, 0.2) is 16.6 Å². The second kappa shape index (κ2) is 10.8. The second-order valence-corrected chi connectivity index (χ2v) is 26.6. The van der Waals surface area contributed by atoms with Gasteiger partial charge in [0.2, 0.25) is 0 Å². The molecule has 1 saturated carbocycles. The summed E-state index contributed by atoms with van der Waals surface area (Å²) in [6.45, 7) is 18.8. The normalized spacial score (nSPS) is 20.6. The van der Waals surface area contributed by atoms with Gasteiger partial charge >= 0.3 is 0 Å². The van der Waals surface area contributed by atoms with Gasteiger partial charge in [-0.15, -0.1) is 0 Å². The van der Waals surface area contributed by atoms with E-state index in [9.17, 15) is 4.79 Å². The number of aromatic nitrogens is 4. The first-order valence-electron chi connectivity index (χ1n) is 14.4. The first-order chi connectivity index (χ1) is 18.7. The molecule has 1 fully saturated rings. The van der Waals surface area contributed by atoms with E-state index in [0.29, 0.717) is 42.5 Å². The molecule has 40 heavy (non-hydrogen) atoms. The molecule has 1 amide bonds. The molecular formula is C29H44BrN5O3Si2. The molecule has 0 bridgehead atoms. The van der Waals surface area contributed by atoms with Gasteiger partial charge in [0.15, 0.2) is 5.82 Å². The quantitative estimate of drug-likeness (QED) is 0.179. The number of halogens is 1. The van der Waals surface area contributed by atoms with Crippen LogP contribution in [0.1, 0.15) is 35.0 Å². The molecule has 2 aliphatic rings. The smallest absolute Gasteiger partial charge is 0.251 e. The summed E-state index contributed by atoms with van der Waals surface area (Å²) >= 11 is 3.57. The maximum absolute atomic E-state index is 12.4. The number of primary amides is 1. The number of amides is 1. The maximum Gasteiger partial charge on any atom is 0.251 e. The Bertz CT molecular complexity index is 1440. The van der Waals surface area contributed by atoms with Gasteiger partial charge in [-0.1, -0.05) is 62.1 Å². The molecule has 2 aliphatic carbocycles. The largest absolute Gasteiger partial charge is 0.366 e. The Morgan fingerprint density at radius 3 is 2.38 bits per heavy atom. The number of hydrogen-bond donors (Lipinski definition) is 1. The second-order valence-electron chi connectivity index (χ2n) is 14.5. The van der Waals surface area contributed by atoms with Gasteiger partial charge in [0.25, 0.3) is 5.91 Å². The monoisotopic (exact) mass is 645 g/mol. The van der Waals surface area contributed by atoms with Gasteiger partial charge in [-0.3, -0.25) is 9.36 Å². The van der Waals surface area contributed by atoms with Crippen molar-refractivity contribution in [3.8, 4) is 11.5 Å². The van der Waals surface area contributed by atoms with Crippen molar-refractivity contribution in [1.82, 2.24) is 19.3 Å². The number of rotatable bonds is 12. The zero-order chi connectivity index (χ0) is 29.0. The summed E-state index contributed by atoms with van der Waals surface area (Å²) in [6.07, 6.45) is 3.23. The van der Waals surface area contributed by atoms with E-state index in [0.717, 1.165) is 53.0 Å². The Balaban J connectivity index is 1.56. The third-order valence-corrected chi connectivity index (χ3v) is 12.3. The third-order valence-electron chi connectivity index (χ3n) is 8.45. The van der Waals surface area contributed by atoms with Gasteiger partial charge in [0.05, 0.1) is 11.1 Å². The average molecular weight is 647 g/mol. The fourth-order valence-electron chi connectivity index (χ4n) is 5.65. The SMILES string of the molecule is C[C@@]12Cc3c(c(-c4nc5c(C(N)=O)cc(Br)cc5n4COCC[Si](C)(C)C)nn3COCC[Si](C)(C)C)C[C@@H]1C2. The van der Waals surface area contributed by atoms with Gasteiger partial charge in [-0.2, -0.15) is 5.10 Å². The zero-order valence-electron chi connectivity index (χ0n) is 25.1. The van der Waals surface area contributed by atoms with Gasteiger partial charge in [-0.25, -0.2) is 9.67 Å². The number of nitrogens with two attached hydrogens (primary N) is 1. The molecule has 2 heterocycles. The standard InChI is InChI=1S/C29H44BrN5O3Si2/c1-29-15-19(29)12-21-24(16-29)35(18-38-9-11-40(5,6)7)33-26(21)28-32-25-22(27(31)36)13-20(30)14-23(25)34(28)17-37-8-10-39(2,3)4/h13-14,19H,8-12,15-18H2,1-7H3,(H2,31,36)/t19-,29-/m1/s1. The molecule has 0 radical (unpaired) electrons. The van der Waals surface area contributed by atoms with Crippen LogP contribution in [0.25, 0.3) is 22.6 Å². The number of hydrogen-bond acceptors (Lipinski definition) is 5. The molecule has 11 heteroatoms. The summed E-state index contributed by atoms with van der Waals surface area (Å²) in [5, 5.41) is 5.15. The molecule has 1 aromatic carbocycles. The van der Waals surface area contributed by atoms with E-state index < -0.39 is 22.1 Å².